The quantitative estimate of drug-likeness (QED) is 0.115. The number of fused-ring (bicyclic) bond motifs is 2. The molecule has 6 rings (SSSR count). The molecule has 14 heteroatoms. The fourth-order valence-corrected chi connectivity index (χ4v) is 8.99. The number of anilines is 1. The summed E-state index contributed by atoms with van der Waals surface area (Å²) < 4.78 is 18.9. The first-order valence-corrected chi connectivity index (χ1v) is 19.6. The second kappa shape index (κ2) is 19.8. The summed E-state index contributed by atoms with van der Waals surface area (Å²) >= 11 is -0.0602. The normalized spacial score (nSPS) is 15.1. The molecule has 2 saturated heterocycles. The van der Waals surface area contributed by atoms with E-state index < -0.39 is 11.9 Å². The van der Waals surface area contributed by atoms with Gasteiger partial charge in [0.2, 0.25) is 0 Å². The van der Waals surface area contributed by atoms with Crippen LogP contribution < -0.4 is 5.73 Å². The molecule has 0 saturated carbocycles. The molecule has 4 heterocycles. The van der Waals surface area contributed by atoms with E-state index in [-0.39, 0.29) is 47.2 Å². The van der Waals surface area contributed by atoms with Crippen LogP contribution in [0.3, 0.4) is 0 Å². The average Bonchev–Trinajstić information content (AvgIpc) is 3.72. The fourth-order valence-electron chi connectivity index (χ4n) is 5.18. The number of esters is 1. The van der Waals surface area contributed by atoms with Crippen molar-refractivity contribution in [2.75, 3.05) is 78.0 Å². The van der Waals surface area contributed by atoms with Crippen LogP contribution in [0.1, 0.15) is 43.8 Å². The Hall–Kier alpha value is -3.32. The van der Waals surface area contributed by atoms with Crippen LogP contribution in [-0.4, -0.2) is 145 Å². The van der Waals surface area contributed by atoms with Crippen molar-refractivity contribution in [1.82, 2.24) is 9.80 Å². The number of aromatic carboxylic acids is 1. The predicted octanol–water partition coefficient (Wildman–Crippen LogP) is 2.88. The SMILES string of the molecule is CCOC(=O)c1cc2cc(N)ccc2[se]1.O=C(CCN1CCOCC1)Cc1ccc2[se]c(C(=O)O)cc2c1.O=C(O)CCN1CCOCC1. The Morgan fingerprint density at radius 2 is 1.33 bits per heavy atom. The summed E-state index contributed by atoms with van der Waals surface area (Å²) in [6.45, 7) is 10.2. The zero-order valence-electron chi connectivity index (χ0n) is 27.6. The van der Waals surface area contributed by atoms with Gasteiger partial charge in [-0.05, 0) is 0 Å². The zero-order valence-corrected chi connectivity index (χ0v) is 31.0. The number of nitrogens with zero attached hydrogens (tertiary/aromatic N) is 2. The summed E-state index contributed by atoms with van der Waals surface area (Å²) in [6, 6.07) is 15.2. The van der Waals surface area contributed by atoms with Gasteiger partial charge in [-0.15, -0.1) is 0 Å². The van der Waals surface area contributed by atoms with Crippen LogP contribution in [0.4, 0.5) is 5.69 Å². The van der Waals surface area contributed by atoms with E-state index in [1.807, 2.05) is 49.4 Å². The number of Topliss-reactive ketones (excluding diaryl/α,β-unsaturated/α-hetero) is 1. The van der Waals surface area contributed by atoms with E-state index in [4.69, 9.17) is 30.2 Å². The first-order chi connectivity index (χ1) is 23.6. The Balaban J connectivity index is 0.000000179. The molecule has 0 aliphatic carbocycles. The third kappa shape index (κ3) is 12.8. The number of hydrogen-bond acceptors (Lipinski definition) is 10. The summed E-state index contributed by atoms with van der Waals surface area (Å²) in [5, 5.41) is 19.5. The average molecular weight is 808 g/mol. The van der Waals surface area contributed by atoms with Gasteiger partial charge < -0.3 is 9.84 Å². The fraction of sp³-hybridized carbons (Fsp3) is 0.429. The molecular formula is C35H43N3O9Se2. The minimum Gasteiger partial charge on any atom is -0.481 e. The number of carbonyl (C=O) groups excluding carboxylic acids is 2. The molecule has 0 amide bonds. The minimum atomic E-state index is -0.843. The summed E-state index contributed by atoms with van der Waals surface area (Å²) in [6.07, 6.45) is 1.21. The van der Waals surface area contributed by atoms with E-state index in [9.17, 15) is 19.2 Å². The van der Waals surface area contributed by atoms with Crippen LogP contribution in [-0.2, 0) is 30.2 Å². The van der Waals surface area contributed by atoms with Crippen molar-refractivity contribution in [3.8, 4) is 0 Å². The maximum atomic E-state index is 12.2. The number of ether oxygens (including phenoxy) is 3. The van der Waals surface area contributed by atoms with Gasteiger partial charge in [-0.25, -0.2) is 0 Å². The van der Waals surface area contributed by atoms with E-state index in [0.29, 0.717) is 30.4 Å². The Kier molecular flexibility index (Phi) is 15.5. The molecular weight excluding hydrogens is 764 g/mol. The number of hydrogen-bond donors (Lipinski definition) is 3. The van der Waals surface area contributed by atoms with Crippen molar-refractivity contribution >= 4 is 77.7 Å². The molecule has 0 atom stereocenters. The monoisotopic (exact) mass is 809 g/mol. The molecule has 0 unspecified atom stereocenters. The molecule has 2 aromatic heterocycles. The number of ketones is 1. The van der Waals surface area contributed by atoms with E-state index in [1.165, 1.54) is 4.26 Å². The van der Waals surface area contributed by atoms with Gasteiger partial charge in [-0.1, -0.05) is 0 Å². The smallest absolute Gasteiger partial charge is 0.304 e. The number of morpholine rings is 2. The van der Waals surface area contributed by atoms with Gasteiger partial charge in [0.1, 0.15) is 0 Å². The molecule has 4 N–H and O–H groups in total. The summed E-state index contributed by atoms with van der Waals surface area (Å²) in [5.41, 5.74) is 7.37. The van der Waals surface area contributed by atoms with Gasteiger partial charge >= 0.3 is 239 Å². The third-order valence-corrected chi connectivity index (χ3v) is 12.4. The Morgan fingerprint density at radius 1 is 0.776 bits per heavy atom. The number of nitrogens with two attached hydrogens (primary N) is 1. The van der Waals surface area contributed by atoms with Crippen molar-refractivity contribution in [2.24, 2.45) is 0 Å². The number of nitrogen functional groups attached to an aromatic ring is 1. The second-order valence-corrected chi connectivity index (χ2v) is 16.0. The van der Waals surface area contributed by atoms with Gasteiger partial charge in [0.15, 0.2) is 0 Å². The van der Waals surface area contributed by atoms with Gasteiger partial charge in [0.25, 0.3) is 0 Å². The number of carbonyl (C=O) groups is 4. The van der Waals surface area contributed by atoms with Gasteiger partial charge in [0.05, 0.1) is 19.6 Å². The number of rotatable bonds is 11. The molecule has 2 aliphatic rings. The van der Waals surface area contributed by atoms with E-state index in [1.54, 1.807) is 6.07 Å². The molecule has 12 nitrogen and oxygen atoms in total. The predicted molar refractivity (Wildman–Crippen MR) is 189 cm³/mol. The van der Waals surface area contributed by atoms with E-state index in [2.05, 4.69) is 9.80 Å². The molecule has 4 aromatic rings. The molecule has 0 radical (unpaired) electrons. The maximum Gasteiger partial charge on any atom is 0.304 e. The standard InChI is InChI=1S/C17H19NO4Se.C11H11NO2Se.C7H13NO3/c19-14(3-4-18-5-7-22-8-6-18)10-12-1-2-15-13(9-12)11-16(23-15)17(20)21;1-2-14-11(13)10-6-7-5-8(12)3-4-9(7)15-10;9-7(10)1-2-8-3-5-11-6-4-8/h1-2,9,11H,3-8,10H2,(H,20,21);3-6H,2,12H2,1H3;1-6H2,(H,9,10). The van der Waals surface area contributed by atoms with Crippen molar-refractivity contribution < 1.29 is 43.6 Å². The third-order valence-electron chi connectivity index (χ3n) is 7.77. The van der Waals surface area contributed by atoms with Crippen LogP contribution in [0.25, 0.3) is 19.3 Å². The Labute approximate surface area is 297 Å². The van der Waals surface area contributed by atoms with Crippen molar-refractivity contribution in [3.05, 3.63) is 63.0 Å². The number of benzene rings is 2. The molecule has 49 heavy (non-hydrogen) atoms. The van der Waals surface area contributed by atoms with Crippen LogP contribution >= 0.6 is 0 Å². The minimum absolute atomic E-state index is 0.0648. The molecule has 0 spiro atoms. The summed E-state index contributed by atoms with van der Waals surface area (Å²) in [4.78, 5) is 49.3. The Morgan fingerprint density at radius 3 is 1.92 bits per heavy atom. The van der Waals surface area contributed by atoms with Crippen molar-refractivity contribution in [1.29, 1.82) is 0 Å². The maximum absolute atomic E-state index is 12.2. The molecule has 2 aromatic carbocycles. The molecule has 0 bridgehead atoms. The second-order valence-electron chi connectivity index (χ2n) is 11.4. The van der Waals surface area contributed by atoms with Crippen molar-refractivity contribution in [2.45, 2.75) is 26.2 Å². The van der Waals surface area contributed by atoms with Crippen LogP contribution in [0.2, 0.25) is 0 Å². The Bertz CT molecular complexity index is 1710. The molecule has 2 aliphatic heterocycles. The van der Waals surface area contributed by atoms with Crippen molar-refractivity contribution in [3.63, 3.8) is 0 Å². The largest absolute Gasteiger partial charge is 0.481 e. The van der Waals surface area contributed by atoms with Gasteiger partial charge in [0, 0.05) is 19.6 Å². The number of carboxylic acids is 2. The van der Waals surface area contributed by atoms with Crippen LogP contribution in [0, 0.1) is 0 Å². The number of carboxylic acid groups (broad SMARTS) is 2. The van der Waals surface area contributed by atoms with Gasteiger partial charge in [-0.2, -0.15) is 0 Å². The van der Waals surface area contributed by atoms with E-state index in [0.717, 1.165) is 89.9 Å². The molecule has 2 fully saturated rings. The van der Waals surface area contributed by atoms with E-state index >= 15 is 0 Å². The topological polar surface area (TPSA) is 169 Å². The van der Waals surface area contributed by atoms with Gasteiger partial charge in [-0.3, -0.25) is 9.69 Å². The van der Waals surface area contributed by atoms with Crippen LogP contribution in [0.5, 0.6) is 0 Å². The first-order valence-electron chi connectivity index (χ1n) is 16.2. The first kappa shape index (κ1) is 38.5. The number of aliphatic carboxylic acids is 1. The summed E-state index contributed by atoms with van der Waals surface area (Å²) in [5.74, 6) is -1.55. The van der Waals surface area contributed by atoms with Crippen LogP contribution in [0.15, 0.2) is 48.5 Å². The molecule has 264 valence electrons. The summed E-state index contributed by atoms with van der Waals surface area (Å²) in [7, 11) is 0. The zero-order chi connectivity index (χ0) is 35.2.